The Kier molecular flexibility index (Phi) is 4.58. The van der Waals surface area contributed by atoms with Crippen molar-refractivity contribution < 1.29 is 9.47 Å². The molecule has 31 heavy (non-hydrogen) atoms. The molecule has 0 radical (unpaired) electrons. The maximum atomic E-state index is 5.41. The van der Waals surface area contributed by atoms with Crippen LogP contribution in [0, 0.1) is 13.8 Å². The van der Waals surface area contributed by atoms with Crippen molar-refractivity contribution in [2.24, 2.45) is 0 Å². The number of benzene rings is 2. The van der Waals surface area contributed by atoms with Crippen LogP contribution in [-0.2, 0) is 6.42 Å². The average molecular weight is 413 g/mol. The lowest BCUT2D eigenvalue weighted by atomic mass is 10.1. The normalized spacial score (nSPS) is 11.4. The largest absolute Gasteiger partial charge is 0.497 e. The molecule has 7 heteroatoms. The van der Waals surface area contributed by atoms with Crippen molar-refractivity contribution in [1.82, 2.24) is 24.1 Å². The van der Waals surface area contributed by atoms with Gasteiger partial charge in [0, 0.05) is 18.2 Å². The van der Waals surface area contributed by atoms with Crippen LogP contribution in [0.15, 0.2) is 54.9 Å². The van der Waals surface area contributed by atoms with Crippen LogP contribution < -0.4 is 9.47 Å². The molecule has 2 aromatic carbocycles. The number of methoxy groups -OCH3 is 2. The average Bonchev–Trinajstić information content (AvgIpc) is 3.32. The zero-order valence-corrected chi connectivity index (χ0v) is 18.0. The van der Waals surface area contributed by atoms with Gasteiger partial charge in [0.15, 0.2) is 17.1 Å². The smallest absolute Gasteiger partial charge is 0.168 e. The third-order valence-corrected chi connectivity index (χ3v) is 5.71. The van der Waals surface area contributed by atoms with E-state index in [1.807, 2.05) is 42.5 Å². The summed E-state index contributed by atoms with van der Waals surface area (Å²) < 4.78 is 14.6. The van der Waals surface area contributed by atoms with E-state index in [4.69, 9.17) is 19.4 Å². The third kappa shape index (κ3) is 3.18. The molecule has 0 aliphatic rings. The second-order valence-corrected chi connectivity index (χ2v) is 7.51. The van der Waals surface area contributed by atoms with Gasteiger partial charge in [-0.2, -0.15) is 0 Å². The standard InChI is InChI=1S/C24H23N5O2/c1-15-16(2)29(18-6-5-7-20(13-18)31-4)23-22(15)24-26-21(27-28(24)14-25-23)12-17-8-10-19(30-3)11-9-17/h5-11,13-14H,12H2,1-4H3. The van der Waals surface area contributed by atoms with Gasteiger partial charge in [-0.1, -0.05) is 18.2 Å². The highest BCUT2D eigenvalue weighted by atomic mass is 16.5. The first kappa shape index (κ1) is 19.1. The van der Waals surface area contributed by atoms with Gasteiger partial charge in [-0.15, -0.1) is 5.10 Å². The van der Waals surface area contributed by atoms with E-state index in [9.17, 15) is 0 Å². The summed E-state index contributed by atoms with van der Waals surface area (Å²) in [5.74, 6) is 2.40. The molecule has 0 saturated carbocycles. The molecule has 5 rings (SSSR count). The SMILES string of the molecule is COc1ccc(Cc2nc3c4c(C)c(C)n(-c5cccc(OC)c5)c4ncn3n2)cc1. The second-order valence-electron chi connectivity index (χ2n) is 7.51. The molecule has 0 saturated heterocycles. The Morgan fingerprint density at radius 3 is 2.42 bits per heavy atom. The van der Waals surface area contributed by atoms with Gasteiger partial charge in [-0.25, -0.2) is 14.5 Å². The summed E-state index contributed by atoms with van der Waals surface area (Å²) in [5.41, 5.74) is 6.06. The van der Waals surface area contributed by atoms with Gasteiger partial charge < -0.3 is 9.47 Å². The monoisotopic (exact) mass is 413 g/mol. The first-order chi connectivity index (χ1) is 15.1. The van der Waals surface area contributed by atoms with E-state index >= 15 is 0 Å². The van der Waals surface area contributed by atoms with E-state index in [2.05, 4.69) is 29.6 Å². The number of ether oxygens (including phenoxy) is 2. The molecular formula is C24H23N5O2. The molecule has 0 atom stereocenters. The highest BCUT2D eigenvalue weighted by Crippen LogP contribution is 2.31. The van der Waals surface area contributed by atoms with Gasteiger partial charge in [0.05, 0.1) is 25.3 Å². The van der Waals surface area contributed by atoms with Crippen molar-refractivity contribution in [2.75, 3.05) is 14.2 Å². The Balaban J connectivity index is 1.63. The molecule has 5 aromatic rings. The maximum Gasteiger partial charge on any atom is 0.168 e. The van der Waals surface area contributed by atoms with Gasteiger partial charge in [0.2, 0.25) is 0 Å². The number of hydrogen-bond donors (Lipinski definition) is 0. The summed E-state index contributed by atoms with van der Waals surface area (Å²) in [5, 5.41) is 5.67. The van der Waals surface area contributed by atoms with Gasteiger partial charge in [0.1, 0.15) is 17.8 Å². The molecule has 0 aliphatic carbocycles. The van der Waals surface area contributed by atoms with Gasteiger partial charge in [-0.3, -0.25) is 4.57 Å². The highest BCUT2D eigenvalue weighted by Gasteiger charge is 2.19. The fraction of sp³-hybridized carbons (Fsp3) is 0.208. The van der Waals surface area contributed by atoms with E-state index in [1.54, 1.807) is 25.1 Å². The van der Waals surface area contributed by atoms with Crippen LogP contribution >= 0.6 is 0 Å². The number of fused-ring (bicyclic) bond motifs is 3. The lowest BCUT2D eigenvalue weighted by Crippen LogP contribution is -1.99. The van der Waals surface area contributed by atoms with Crippen molar-refractivity contribution in [3.05, 3.63) is 77.5 Å². The summed E-state index contributed by atoms with van der Waals surface area (Å²) in [6, 6.07) is 16.0. The minimum absolute atomic E-state index is 0.641. The van der Waals surface area contributed by atoms with Gasteiger partial charge >= 0.3 is 0 Å². The quantitative estimate of drug-likeness (QED) is 0.430. The number of rotatable bonds is 5. The minimum Gasteiger partial charge on any atom is -0.497 e. The van der Waals surface area contributed by atoms with E-state index in [0.29, 0.717) is 6.42 Å². The summed E-state index contributed by atoms with van der Waals surface area (Å²) in [7, 11) is 3.34. The van der Waals surface area contributed by atoms with Crippen molar-refractivity contribution >= 4 is 16.7 Å². The van der Waals surface area contributed by atoms with Crippen LogP contribution in [-0.4, -0.2) is 38.4 Å². The minimum atomic E-state index is 0.641. The van der Waals surface area contributed by atoms with Gasteiger partial charge in [0.25, 0.3) is 0 Å². The topological polar surface area (TPSA) is 66.5 Å². The third-order valence-electron chi connectivity index (χ3n) is 5.71. The predicted molar refractivity (Wildman–Crippen MR) is 119 cm³/mol. The van der Waals surface area contributed by atoms with E-state index in [0.717, 1.165) is 56.5 Å². The zero-order valence-electron chi connectivity index (χ0n) is 18.0. The molecule has 0 amide bonds. The summed E-state index contributed by atoms with van der Waals surface area (Å²) in [6.07, 6.45) is 2.37. The van der Waals surface area contributed by atoms with E-state index in [-0.39, 0.29) is 0 Å². The number of aryl methyl sites for hydroxylation is 1. The van der Waals surface area contributed by atoms with Crippen LogP contribution in [0.1, 0.15) is 22.6 Å². The summed E-state index contributed by atoms with van der Waals surface area (Å²) >= 11 is 0. The molecule has 0 aliphatic heterocycles. The Morgan fingerprint density at radius 1 is 0.903 bits per heavy atom. The van der Waals surface area contributed by atoms with Crippen LogP contribution in [0.25, 0.3) is 22.4 Å². The van der Waals surface area contributed by atoms with Gasteiger partial charge in [-0.05, 0) is 49.2 Å². The molecule has 0 spiro atoms. The molecule has 0 N–H and O–H groups in total. The Morgan fingerprint density at radius 2 is 1.68 bits per heavy atom. The molecule has 3 aromatic heterocycles. The first-order valence-electron chi connectivity index (χ1n) is 10.1. The number of aromatic nitrogens is 5. The summed E-state index contributed by atoms with van der Waals surface area (Å²) in [4.78, 5) is 9.60. The predicted octanol–water partition coefficient (Wildman–Crippen LogP) is 4.29. The first-order valence-corrected chi connectivity index (χ1v) is 10.1. The summed E-state index contributed by atoms with van der Waals surface area (Å²) in [6.45, 7) is 4.20. The molecule has 7 nitrogen and oxygen atoms in total. The van der Waals surface area contributed by atoms with Crippen molar-refractivity contribution in [3.63, 3.8) is 0 Å². The fourth-order valence-corrected chi connectivity index (χ4v) is 3.97. The Labute approximate surface area is 179 Å². The van der Waals surface area contributed by atoms with E-state index in [1.165, 1.54) is 0 Å². The lowest BCUT2D eigenvalue weighted by molar-refractivity contribution is 0.414. The number of nitrogens with zero attached hydrogens (tertiary/aromatic N) is 5. The zero-order chi connectivity index (χ0) is 21.5. The van der Waals surface area contributed by atoms with Crippen LogP contribution in [0.3, 0.4) is 0 Å². The van der Waals surface area contributed by atoms with E-state index < -0.39 is 0 Å². The van der Waals surface area contributed by atoms with Crippen molar-refractivity contribution in [2.45, 2.75) is 20.3 Å². The molecule has 3 heterocycles. The van der Waals surface area contributed by atoms with Crippen LogP contribution in [0.4, 0.5) is 0 Å². The van der Waals surface area contributed by atoms with Crippen molar-refractivity contribution in [1.29, 1.82) is 0 Å². The van der Waals surface area contributed by atoms with Crippen LogP contribution in [0.5, 0.6) is 11.5 Å². The molecule has 0 bridgehead atoms. The van der Waals surface area contributed by atoms with Crippen LogP contribution in [0.2, 0.25) is 0 Å². The Bertz CT molecular complexity index is 1400. The molecular weight excluding hydrogens is 390 g/mol. The lowest BCUT2D eigenvalue weighted by Gasteiger charge is -2.09. The van der Waals surface area contributed by atoms with Crippen molar-refractivity contribution in [3.8, 4) is 17.2 Å². The second kappa shape index (κ2) is 7.43. The number of hydrogen-bond acceptors (Lipinski definition) is 5. The maximum absolute atomic E-state index is 5.41. The fourth-order valence-electron chi connectivity index (χ4n) is 3.97. The Hall–Kier alpha value is -3.87. The molecule has 156 valence electrons. The highest BCUT2D eigenvalue weighted by molar-refractivity contribution is 5.95. The molecule has 0 fully saturated rings. The molecule has 0 unspecified atom stereocenters.